The summed E-state index contributed by atoms with van der Waals surface area (Å²) in [4.78, 5) is 11.4. The summed E-state index contributed by atoms with van der Waals surface area (Å²) in [6.45, 7) is 4.89. The highest BCUT2D eigenvalue weighted by Gasteiger charge is 2.34. The molecule has 1 unspecified atom stereocenters. The van der Waals surface area contributed by atoms with Crippen LogP contribution in [0.3, 0.4) is 0 Å². The minimum atomic E-state index is -3.60. The lowest BCUT2D eigenvalue weighted by atomic mass is 9.98. The minimum Gasteiger partial charge on any atom is -0.491 e. The number of benzene rings is 2. The van der Waals surface area contributed by atoms with Crippen LogP contribution in [0.4, 0.5) is 0 Å². The van der Waals surface area contributed by atoms with Gasteiger partial charge in [-0.15, -0.1) is 0 Å². The molecule has 1 atom stereocenters. The molecule has 1 aromatic heterocycles. The van der Waals surface area contributed by atoms with Gasteiger partial charge in [0.15, 0.2) is 0 Å². The number of hydrogen-bond donors (Lipinski definition) is 0. The Hall–Kier alpha value is -2.35. The van der Waals surface area contributed by atoms with Gasteiger partial charge in [-0.25, -0.2) is 8.42 Å². The molecule has 1 saturated heterocycles. The first kappa shape index (κ1) is 21.9. The molecule has 3 aromatic rings. The molecule has 0 saturated carbocycles. The van der Waals surface area contributed by atoms with Crippen molar-refractivity contribution < 1.29 is 17.9 Å². The Bertz CT molecular complexity index is 1200. The van der Waals surface area contributed by atoms with Gasteiger partial charge < -0.3 is 14.1 Å². The van der Waals surface area contributed by atoms with Crippen molar-refractivity contribution in [3.05, 3.63) is 59.2 Å². The van der Waals surface area contributed by atoms with Gasteiger partial charge >= 0.3 is 0 Å². The van der Waals surface area contributed by atoms with E-state index in [2.05, 4.69) is 0 Å². The van der Waals surface area contributed by atoms with Gasteiger partial charge in [0.25, 0.3) is 0 Å². The van der Waals surface area contributed by atoms with Gasteiger partial charge in [-0.2, -0.15) is 4.31 Å². The van der Waals surface area contributed by atoms with Crippen molar-refractivity contribution in [1.29, 1.82) is 0 Å². The Morgan fingerprint density at radius 3 is 2.61 bits per heavy atom. The molecule has 164 valence electrons. The van der Waals surface area contributed by atoms with Gasteiger partial charge in [-0.1, -0.05) is 23.7 Å². The second kappa shape index (κ2) is 8.65. The topological polar surface area (TPSA) is 68.6 Å². The Morgan fingerprint density at radius 1 is 1.19 bits per heavy atom. The van der Waals surface area contributed by atoms with Crippen LogP contribution >= 0.6 is 11.6 Å². The number of para-hydroxylation sites is 1. The number of nitrogens with zero attached hydrogens (tertiary/aromatic N) is 2. The third kappa shape index (κ3) is 4.22. The number of rotatable bonds is 7. The lowest BCUT2D eigenvalue weighted by Gasteiger charge is -2.17. The third-order valence-corrected chi connectivity index (χ3v) is 7.76. The molecule has 2 aromatic carbocycles. The number of fused-ring (bicyclic) bond motifs is 1. The molecule has 31 heavy (non-hydrogen) atoms. The number of aldehydes is 1. The molecule has 2 heterocycles. The van der Waals surface area contributed by atoms with Crippen molar-refractivity contribution in [2.45, 2.75) is 43.7 Å². The van der Waals surface area contributed by atoms with Crippen molar-refractivity contribution >= 4 is 38.8 Å². The van der Waals surface area contributed by atoms with Crippen molar-refractivity contribution in [2.24, 2.45) is 0 Å². The Kier molecular flexibility index (Phi) is 6.10. The molecule has 8 heteroatoms. The molecular formula is C23H25ClN2O4S. The second-order valence-electron chi connectivity index (χ2n) is 8.03. The molecule has 0 amide bonds. The molecule has 0 aliphatic carbocycles. The lowest BCUT2D eigenvalue weighted by molar-refractivity contribution is -0.108. The lowest BCUT2D eigenvalue weighted by Crippen LogP contribution is -2.28. The number of hydrogen-bond acceptors (Lipinski definition) is 4. The second-order valence-corrected chi connectivity index (χ2v) is 10.4. The van der Waals surface area contributed by atoms with Crippen molar-refractivity contribution in [2.75, 3.05) is 13.1 Å². The highest BCUT2D eigenvalue weighted by Crippen LogP contribution is 2.38. The fraction of sp³-hybridized carbons (Fsp3) is 0.348. The monoisotopic (exact) mass is 460 g/mol. The summed E-state index contributed by atoms with van der Waals surface area (Å²) in [5, 5.41) is 1.55. The van der Waals surface area contributed by atoms with Crippen LogP contribution in [-0.2, 0) is 21.4 Å². The maximum absolute atomic E-state index is 13.2. The smallest absolute Gasteiger partial charge is 0.243 e. The van der Waals surface area contributed by atoms with Gasteiger partial charge in [0.05, 0.1) is 28.1 Å². The number of halogens is 1. The van der Waals surface area contributed by atoms with Crippen LogP contribution in [0.25, 0.3) is 10.9 Å². The highest BCUT2D eigenvalue weighted by atomic mass is 35.5. The molecule has 4 rings (SSSR count). The van der Waals surface area contributed by atoms with Crippen LogP contribution in [-0.4, -0.2) is 42.8 Å². The summed E-state index contributed by atoms with van der Waals surface area (Å²) < 4.78 is 35.3. The summed E-state index contributed by atoms with van der Waals surface area (Å²) in [6.07, 6.45) is 3.51. The first-order valence-corrected chi connectivity index (χ1v) is 12.1. The highest BCUT2D eigenvalue weighted by molar-refractivity contribution is 7.89. The van der Waals surface area contributed by atoms with E-state index >= 15 is 0 Å². The van der Waals surface area contributed by atoms with Gasteiger partial charge in [-0.05, 0) is 56.2 Å². The molecule has 1 aliphatic rings. The SMILES string of the molecule is CC(C)Oc1ccc(S(=O)(=O)N2CCC(c3cn(CC=O)c4c(Cl)cccc34)C2)cc1. The summed E-state index contributed by atoms with van der Waals surface area (Å²) >= 11 is 6.39. The first-order valence-electron chi connectivity index (χ1n) is 10.3. The molecule has 0 N–H and O–H groups in total. The van der Waals surface area contributed by atoms with Crippen LogP contribution in [0.1, 0.15) is 31.7 Å². The number of sulfonamides is 1. The zero-order valence-corrected chi connectivity index (χ0v) is 19.1. The number of carbonyl (C=O) groups excluding carboxylic acids is 1. The predicted octanol–water partition coefficient (Wildman–Crippen LogP) is 4.46. The molecular weight excluding hydrogens is 436 g/mol. The van der Waals surface area contributed by atoms with Crippen LogP contribution in [0.5, 0.6) is 5.75 Å². The normalized spacial score (nSPS) is 17.5. The maximum atomic E-state index is 13.2. The van der Waals surface area contributed by atoms with Gasteiger partial charge in [0, 0.05) is 30.6 Å². The molecule has 1 aliphatic heterocycles. The van der Waals surface area contributed by atoms with E-state index in [-0.39, 0.29) is 23.5 Å². The van der Waals surface area contributed by atoms with Gasteiger partial charge in [-0.3, -0.25) is 0 Å². The zero-order valence-electron chi connectivity index (χ0n) is 17.5. The number of carbonyl (C=O) groups is 1. The molecule has 0 radical (unpaired) electrons. The van der Waals surface area contributed by atoms with E-state index in [1.807, 2.05) is 36.7 Å². The number of ether oxygens (including phenoxy) is 1. The standard InChI is InChI=1S/C23H25ClN2O4S/c1-16(2)30-18-6-8-19(9-7-18)31(28,29)26-11-10-17(14-26)21-15-25(12-13-27)23-20(21)4-3-5-22(23)24/h3-9,13,15-17H,10-12,14H2,1-2H3. The predicted molar refractivity (Wildman–Crippen MR) is 121 cm³/mol. The summed E-state index contributed by atoms with van der Waals surface area (Å²) in [6, 6.07) is 12.2. The molecule has 1 fully saturated rings. The van der Waals surface area contributed by atoms with Crippen LogP contribution in [0.2, 0.25) is 5.02 Å². The summed E-state index contributed by atoms with van der Waals surface area (Å²) in [5.41, 5.74) is 1.84. The van der Waals surface area contributed by atoms with E-state index in [1.165, 1.54) is 4.31 Å². The van der Waals surface area contributed by atoms with Crippen molar-refractivity contribution in [3.63, 3.8) is 0 Å². The summed E-state index contributed by atoms with van der Waals surface area (Å²) in [5.74, 6) is 0.681. The Morgan fingerprint density at radius 2 is 1.94 bits per heavy atom. The molecule has 0 spiro atoms. The van der Waals surface area contributed by atoms with Crippen molar-refractivity contribution in [3.8, 4) is 5.75 Å². The van der Waals surface area contributed by atoms with E-state index in [0.29, 0.717) is 30.3 Å². The molecule has 6 nitrogen and oxygen atoms in total. The minimum absolute atomic E-state index is 0.0247. The fourth-order valence-electron chi connectivity index (χ4n) is 4.20. The van der Waals surface area contributed by atoms with Crippen LogP contribution in [0.15, 0.2) is 53.6 Å². The van der Waals surface area contributed by atoms with Gasteiger partial charge in [0.1, 0.15) is 12.0 Å². The largest absolute Gasteiger partial charge is 0.491 e. The Labute approximate surface area is 187 Å². The van der Waals surface area contributed by atoms with E-state index in [4.69, 9.17) is 16.3 Å². The van der Waals surface area contributed by atoms with E-state index in [9.17, 15) is 13.2 Å². The fourth-order valence-corrected chi connectivity index (χ4v) is 5.99. The maximum Gasteiger partial charge on any atom is 0.243 e. The number of aromatic nitrogens is 1. The van der Waals surface area contributed by atoms with E-state index < -0.39 is 10.0 Å². The van der Waals surface area contributed by atoms with Crippen molar-refractivity contribution in [1.82, 2.24) is 8.87 Å². The Balaban J connectivity index is 1.59. The first-order chi connectivity index (χ1) is 14.8. The average molecular weight is 461 g/mol. The molecule has 0 bridgehead atoms. The quantitative estimate of drug-likeness (QED) is 0.488. The van der Waals surface area contributed by atoms with Crippen LogP contribution < -0.4 is 4.74 Å². The summed E-state index contributed by atoms with van der Waals surface area (Å²) in [7, 11) is -3.60. The third-order valence-electron chi connectivity index (χ3n) is 5.58. The van der Waals surface area contributed by atoms with E-state index in [0.717, 1.165) is 22.8 Å². The van der Waals surface area contributed by atoms with Crippen LogP contribution in [0, 0.1) is 0 Å². The van der Waals surface area contributed by atoms with E-state index in [1.54, 1.807) is 30.3 Å². The average Bonchev–Trinajstić information content (AvgIpc) is 3.35. The van der Waals surface area contributed by atoms with Gasteiger partial charge in [0.2, 0.25) is 10.0 Å². The zero-order chi connectivity index (χ0) is 22.2.